The third-order valence-electron chi connectivity index (χ3n) is 3.99. The molecule has 6 heteroatoms. The number of carbonyl (C=O) groups excluding carboxylic acids is 1. The monoisotopic (exact) mass is 359 g/mol. The second-order valence-corrected chi connectivity index (χ2v) is 6.56. The summed E-state index contributed by atoms with van der Waals surface area (Å²) in [6, 6.07) is 1.76. The number of nitrogens with one attached hydrogen (secondary N) is 1. The molecule has 0 unspecified atom stereocenters. The van der Waals surface area contributed by atoms with Gasteiger partial charge in [0.15, 0.2) is 0 Å². The first-order valence-corrected chi connectivity index (χ1v) is 8.07. The van der Waals surface area contributed by atoms with Crippen molar-refractivity contribution in [2.24, 2.45) is 11.1 Å². The van der Waals surface area contributed by atoms with Crippen molar-refractivity contribution in [3.8, 4) is 0 Å². The van der Waals surface area contributed by atoms with Crippen LogP contribution >= 0.6 is 27.5 Å². The highest BCUT2D eigenvalue weighted by Crippen LogP contribution is 2.35. The molecule has 20 heavy (non-hydrogen) atoms. The zero-order valence-corrected chi connectivity index (χ0v) is 13.6. The van der Waals surface area contributed by atoms with E-state index in [0.29, 0.717) is 21.9 Å². The lowest BCUT2D eigenvalue weighted by molar-refractivity contribution is -0.125. The van der Waals surface area contributed by atoms with E-state index >= 15 is 0 Å². The molecule has 4 nitrogen and oxygen atoms in total. The SMILES string of the molecule is NCC1(C(=O)Nc2cnc(Cl)c(Br)c2)CCCCCC1. The quantitative estimate of drug-likeness (QED) is 0.637. The topological polar surface area (TPSA) is 68.0 Å². The van der Waals surface area contributed by atoms with Crippen molar-refractivity contribution in [3.63, 3.8) is 0 Å². The summed E-state index contributed by atoms with van der Waals surface area (Å²) in [5.41, 5.74) is 6.11. The summed E-state index contributed by atoms with van der Waals surface area (Å²) in [6.45, 7) is 0.390. The first-order chi connectivity index (χ1) is 9.57. The van der Waals surface area contributed by atoms with E-state index in [1.165, 1.54) is 12.8 Å². The fourth-order valence-electron chi connectivity index (χ4n) is 2.68. The predicted molar refractivity (Wildman–Crippen MR) is 84.8 cm³/mol. The third-order valence-corrected chi connectivity index (χ3v) is 5.12. The molecule has 0 aromatic carbocycles. The van der Waals surface area contributed by atoms with Crippen molar-refractivity contribution in [2.45, 2.75) is 38.5 Å². The Morgan fingerprint density at radius 3 is 2.60 bits per heavy atom. The number of hydrogen-bond acceptors (Lipinski definition) is 3. The van der Waals surface area contributed by atoms with Crippen molar-refractivity contribution < 1.29 is 4.79 Å². The molecule has 0 radical (unpaired) electrons. The Bertz CT molecular complexity index is 487. The minimum atomic E-state index is -0.442. The lowest BCUT2D eigenvalue weighted by Gasteiger charge is -2.29. The minimum absolute atomic E-state index is 0.00192. The van der Waals surface area contributed by atoms with Gasteiger partial charge in [0.2, 0.25) is 5.91 Å². The average Bonchev–Trinajstić information content (AvgIpc) is 2.69. The standard InChI is InChI=1S/C14H19BrClN3O/c15-11-7-10(8-18-12(11)16)19-13(20)14(9-17)5-3-1-2-4-6-14/h7-8H,1-6,9,17H2,(H,19,20). The molecule has 0 spiro atoms. The number of halogens is 2. The normalized spacial score (nSPS) is 18.4. The highest BCUT2D eigenvalue weighted by molar-refractivity contribution is 9.10. The molecule has 0 saturated heterocycles. The number of amides is 1. The van der Waals surface area contributed by atoms with E-state index in [2.05, 4.69) is 26.2 Å². The van der Waals surface area contributed by atoms with Gasteiger partial charge in [-0.05, 0) is 34.8 Å². The van der Waals surface area contributed by atoms with Gasteiger partial charge in [-0.1, -0.05) is 37.3 Å². The maximum atomic E-state index is 12.6. The van der Waals surface area contributed by atoms with Gasteiger partial charge in [0, 0.05) is 6.54 Å². The fourth-order valence-corrected chi connectivity index (χ4v) is 3.13. The van der Waals surface area contributed by atoms with Crippen molar-refractivity contribution in [3.05, 3.63) is 21.9 Å². The summed E-state index contributed by atoms with van der Waals surface area (Å²) in [5, 5.41) is 3.31. The van der Waals surface area contributed by atoms with Gasteiger partial charge >= 0.3 is 0 Å². The van der Waals surface area contributed by atoms with Crippen LogP contribution in [0.25, 0.3) is 0 Å². The maximum Gasteiger partial charge on any atom is 0.231 e. The van der Waals surface area contributed by atoms with Crippen LogP contribution in [0.4, 0.5) is 5.69 Å². The highest BCUT2D eigenvalue weighted by atomic mass is 79.9. The molecule has 2 rings (SSSR count). The van der Waals surface area contributed by atoms with Crippen LogP contribution in [-0.4, -0.2) is 17.4 Å². The van der Waals surface area contributed by atoms with E-state index in [1.807, 2.05) is 0 Å². The molecule has 1 amide bonds. The van der Waals surface area contributed by atoms with Gasteiger partial charge in [0.1, 0.15) is 5.15 Å². The van der Waals surface area contributed by atoms with Crippen molar-refractivity contribution in [2.75, 3.05) is 11.9 Å². The molecule has 110 valence electrons. The number of nitrogens with two attached hydrogens (primary N) is 1. The van der Waals surface area contributed by atoms with Gasteiger partial charge in [0.25, 0.3) is 0 Å². The first kappa shape index (κ1) is 15.7. The molecule has 1 fully saturated rings. The van der Waals surface area contributed by atoms with Crippen LogP contribution in [0.3, 0.4) is 0 Å². The Morgan fingerprint density at radius 2 is 2.05 bits per heavy atom. The van der Waals surface area contributed by atoms with Gasteiger partial charge in [-0.2, -0.15) is 0 Å². The summed E-state index contributed by atoms with van der Waals surface area (Å²) in [5.74, 6) is -0.00192. The van der Waals surface area contributed by atoms with E-state index in [0.717, 1.165) is 25.7 Å². The number of anilines is 1. The van der Waals surface area contributed by atoms with Gasteiger partial charge in [0.05, 0.1) is 21.8 Å². The zero-order chi connectivity index (χ0) is 14.6. The van der Waals surface area contributed by atoms with Crippen LogP contribution in [0, 0.1) is 5.41 Å². The van der Waals surface area contributed by atoms with Crippen LogP contribution in [0.2, 0.25) is 5.15 Å². The van der Waals surface area contributed by atoms with Crippen molar-refractivity contribution >= 4 is 39.1 Å². The van der Waals surface area contributed by atoms with E-state index < -0.39 is 5.41 Å². The number of rotatable bonds is 3. The number of nitrogens with zero attached hydrogens (tertiary/aromatic N) is 1. The maximum absolute atomic E-state index is 12.6. The molecule has 3 N–H and O–H groups in total. The number of carbonyl (C=O) groups is 1. The largest absolute Gasteiger partial charge is 0.329 e. The molecule has 1 heterocycles. The van der Waals surface area contributed by atoms with Crippen LogP contribution < -0.4 is 11.1 Å². The Balaban J connectivity index is 2.14. The lowest BCUT2D eigenvalue weighted by atomic mass is 9.79. The predicted octanol–water partition coefficient (Wildman–Crippen LogP) is 3.74. The first-order valence-electron chi connectivity index (χ1n) is 6.90. The molecule has 1 aliphatic carbocycles. The average molecular weight is 361 g/mol. The lowest BCUT2D eigenvalue weighted by Crippen LogP contribution is -2.42. The molecule has 1 saturated carbocycles. The zero-order valence-electron chi connectivity index (χ0n) is 11.3. The van der Waals surface area contributed by atoms with E-state index in [4.69, 9.17) is 17.3 Å². The Morgan fingerprint density at radius 1 is 1.40 bits per heavy atom. The van der Waals surface area contributed by atoms with E-state index in [1.54, 1.807) is 12.3 Å². The summed E-state index contributed by atoms with van der Waals surface area (Å²) in [4.78, 5) is 16.6. The van der Waals surface area contributed by atoms with E-state index in [9.17, 15) is 4.79 Å². The summed E-state index contributed by atoms with van der Waals surface area (Å²) < 4.78 is 0.666. The molecule has 0 atom stereocenters. The molecule has 1 aromatic heterocycles. The minimum Gasteiger partial charge on any atom is -0.329 e. The summed E-state index contributed by atoms with van der Waals surface area (Å²) in [6.07, 6.45) is 7.77. The summed E-state index contributed by atoms with van der Waals surface area (Å²) in [7, 11) is 0. The van der Waals surface area contributed by atoms with Gasteiger partial charge < -0.3 is 11.1 Å². The van der Waals surface area contributed by atoms with Gasteiger partial charge in [-0.15, -0.1) is 0 Å². The molecule has 1 aromatic rings. The molecule has 1 aliphatic rings. The molecular weight excluding hydrogens is 342 g/mol. The van der Waals surface area contributed by atoms with Gasteiger partial charge in [-0.3, -0.25) is 4.79 Å². The Kier molecular flexibility index (Phi) is 5.41. The van der Waals surface area contributed by atoms with Crippen molar-refractivity contribution in [1.29, 1.82) is 0 Å². The number of aromatic nitrogens is 1. The van der Waals surface area contributed by atoms with Gasteiger partial charge in [-0.25, -0.2) is 4.98 Å². The Labute approximate surface area is 132 Å². The second kappa shape index (κ2) is 6.87. The fraction of sp³-hybridized carbons (Fsp3) is 0.571. The number of hydrogen-bond donors (Lipinski definition) is 2. The number of pyridine rings is 1. The van der Waals surface area contributed by atoms with Crippen LogP contribution in [0.1, 0.15) is 38.5 Å². The third kappa shape index (κ3) is 3.51. The smallest absolute Gasteiger partial charge is 0.231 e. The Hall–Kier alpha value is -0.650. The second-order valence-electron chi connectivity index (χ2n) is 5.35. The highest BCUT2D eigenvalue weighted by Gasteiger charge is 2.37. The summed E-state index contributed by atoms with van der Waals surface area (Å²) >= 11 is 9.16. The van der Waals surface area contributed by atoms with Crippen LogP contribution in [0.5, 0.6) is 0 Å². The molecule has 0 aliphatic heterocycles. The molecular formula is C14H19BrClN3O. The van der Waals surface area contributed by atoms with E-state index in [-0.39, 0.29) is 5.91 Å². The van der Waals surface area contributed by atoms with Crippen LogP contribution in [-0.2, 0) is 4.79 Å². The van der Waals surface area contributed by atoms with Crippen LogP contribution in [0.15, 0.2) is 16.7 Å². The van der Waals surface area contributed by atoms with Crippen molar-refractivity contribution in [1.82, 2.24) is 4.98 Å². The molecule has 0 bridgehead atoms.